The van der Waals surface area contributed by atoms with Crippen LogP contribution in [0.2, 0.25) is 0 Å². The lowest BCUT2D eigenvalue weighted by Gasteiger charge is -2.28. The van der Waals surface area contributed by atoms with Crippen molar-refractivity contribution < 1.29 is 13.2 Å². The van der Waals surface area contributed by atoms with Gasteiger partial charge in [-0.2, -0.15) is 0 Å². The van der Waals surface area contributed by atoms with Crippen LogP contribution in [0.25, 0.3) is 0 Å². The first-order chi connectivity index (χ1) is 12.4. The van der Waals surface area contributed by atoms with E-state index in [0.29, 0.717) is 17.4 Å². The molecule has 2 aliphatic carbocycles. The standard InChI is InChI=1S/C20H28N2O3S/c1-14(19-13-15-4-5-17(19)12-15)21-26(24,25)18-8-6-16(7-9-18)20(23)22-10-2-3-11-22/h6-9,14-15,17,19,21H,2-5,10-13H2,1H3/t14-,15+,17+,19-/m1/s1. The van der Waals surface area contributed by atoms with Crippen LogP contribution in [0.5, 0.6) is 0 Å². The molecule has 3 fully saturated rings. The van der Waals surface area contributed by atoms with Crippen molar-refractivity contribution in [2.45, 2.75) is 56.4 Å². The lowest BCUT2D eigenvalue weighted by molar-refractivity contribution is 0.0792. The van der Waals surface area contributed by atoms with E-state index in [1.54, 1.807) is 24.3 Å². The number of sulfonamides is 1. The molecular formula is C20H28N2O3S. The van der Waals surface area contributed by atoms with Gasteiger partial charge in [0.05, 0.1) is 4.90 Å². The molecule has 0 radical (unpaired) electrons. The van der Waals surface area contributed by atoms with Gasteiger partial charge >= 0.3 is 0 Å². The summed E-state index contributed by atoms with van der Waals surface area (Å²) in [6.07, 6.45) is 7.07. The number of likely N-dealkylation sites (tertiary alicyclic amines) is 1. The summed E-state index contributed by atoms with van der Waals surface area (Å²) in [4.78, 5) is 14.5. The Hall–Kier alpha value is -1.40. The summed E-state index contributed by atoms with van der Waals surface area (Å²) in [6.45, 7) is 3.58. The summed E-state index contributed by atoms with van der Waals surface area (Å²) in [5, 5.41) is 0. The molecule has 142 valence electrons. The second-order valence-corrected chi connectivity index (χ2v) is 9.99. The van der Waals surface area contributed by atoms with Gasteiger partial charge in [0.15, 0.2) is 0 Å². The van der Waals surface area contributed by atoms with Gasteiger partial charge in [-0.3, -0.25) is 4.79 Å². The highest BCUT2D eigenvalue weighted by Crippen LogP contribution is 2.49. The molecule has 1 heterocycles. The minimum atomic E-state index is -3.55. The minimum Gasteiger partial charge on any atom is -0.339 e. The summed E-state index contributed by atoms with van der Waals surface area (Å²) in [7, 11) is -3.55. The largest absolute Gasteiger partial charge is 0.339 e. The smallest absolute Gasteiger partial charge is 0.253 e. The van der Waals surface area contributed by atoms with E-state index in [4.69, 9.17) is 0 Å². The van der Waals surface area contributed by atoms with E-state index in [9.17, 15) is 13.2 Å². The molecule has 1 N–H and O–H groups in total. The van der Waals surface area contributed by atoms with Crippen LogP contribution in [0.4, 0.5) is 0 Å². The highest BCUT2D eigenvalue weighted by atomic mass is 32.2. The Labute approximate surface area is 156 Å². The molecule has 0 aromatic heterocycles. The lowest BCUT2D eigenvalue weighted by atomic mass is 9.84. The average Bonchev–Trinajstić information content (AvgIpc) is 3.38. The Morgan fingerprint density at radius 2 is 1.81 bits per heavy atom. The summed E-state index contributed by atoms with van der Waals surface area (Å²) < 4.78 is 28.4. The van der Waals surface area contributed by atoms with E-state index < -0.39 is 10.0 Å². The quantitative estimate of drug-likeness (QED) is 0.859. The first kappa shape index (κ1) is 18.0. The lowest BCUT2D eigenvalue weighted by Crippen LogP contribution is -2.40. The van der Waals surface area contributed by atoms with Gasteiger partial charge in [0.25, 0.3) is 5.91 Å². The Morgan fingerprint density at radius 3 is 2.38 bits per heavy atom. The Balaban J connectivity index is 1.43. The van der Waals surface area contributed by atoms with E-state index in [2.05, 4.69) is 4.72 Å². The molecule has 4 rings (SSSR count). The molecule has 3 aliphatic rings. The zero-order valence-electron chi connectivity index (χ0n) is 15.4. The second kappa shape index (κ2) is 6.97. The zero-order chi connectivity index (χ0) is 18.3. The minimum absolute atomic E-state index is 0.00486. The third-order valence-electron chi connectivity index (χ3n) is 6.58. The first-order valence-corrected chi connectivity index (χ1v) is 11.3. The number of benzene rings is 1. The fraction of sp³-hybridized carbons (Fsp3) is 0.650. The van der Waals surface area contributed by atoms with Crippen LogP contribution >= 0.6 is 0 Å². The number of nitrogens with zero attached hydrogens (tertiary/aromatic N) is 1. The van der Waals surface area contributed by atoms with Gasteiger partial charge in [-0.1, -0.05) is 6.42 Å². The summed E-state index contributed by atoms with van der Waals surface area (Å²) in [5.41, 5.74) is 0.562. The summed E-state index contributed by atoms with van der Waals surface area (Å²) in [5.74, 6) is 1.93. The zero-order valence-corrected chi connectivity index (χ0v) is 16.2. The molecule has 0 unspecified atom stereocenters. The number of rotatable bonds is 5. The van der Waals surface area contributed by atoms with Gasteiger partial charge in [-0.25, -0.2) is 13.1 Å². The highest BCUT2D eigenvalue weighted by Gasteiger charge is 2.42. The maximum atomic E-state index is 12.7. The van der Waals surface area contributed by atoms with Crippen molar-refractivity contribution in [1.29, 1.82) is 0 Å². The number of amides is 1. The maximum absolute atomic E-state index is 12.7. The van der Waals surface area contributed by atoms with Crippen molar-refractivity contribution in [2.75, 3.05) is 13.1 Å². The van der Waals surface area contributed by atoms with Gasteiger partial charge in [-0.15, -0.1) is 0 Å². The molecule has 0 spiro atoms. The van der Waals surface area contributed by atoms with Crippen molar-refractivity contribution in [2.24, 2.45) is 17.8 Å². The fourth-order valence-corrected chi connectivity index (χ4v) is 6.48. The number of hydrogen-bond acceptors (Lipinski definition) is 3. The number of hydrogen-bond donors (Lipinski definition) is 1. The summed E-state index contributed by atoms with van der Waals surface area (Å²) in [6, 6.07) is 6.34. The third-order valence-corrected chi connectivity index (χ3v) is 8.16. The van der Waals surface area contributed by atoms with Crippen LogP contribution in [-0.4, -0.2) is 38.4 Å². The van der Waals surface area contributed by atoms with Crippen molar-refractivity contribution in [3.8, 4) is 0 Å². The molecule has 1 aliphatic heterocycles. The van der Waals surface area contributed by atoms with E-state index in [1.165, 1.54) is 19.3 Å². The van der Waals surface area contributed by atoms with Crippen LogP contribution in [0.3, 0.4) is 0 Å². The second-order valence-electron chi connectivity index (χ2n) is 8.27. The van der Waals surface area contributed by atoms with E-state index in [1.807, 2.05) is 11.8 Å². The average molecular weight is 377 g/mol. The number of carbonyl (C=O) groups is 1. The molecule has 2 bridgehead atoms. The van der Waals surface area contributed by atoms with Crippen molar-refractivity contribution >= 4 is 15.9 Å². The summed E-state index contributed by atoms with van der Waals surface area (Å²) >= 11 is 0. The van der Waals surface area contributed by atoms with Crippen LogP contribution in [-0.2, 0) is 10.0 Å². The van der Waals surface area contributed by atoms with Crippen LogP contribution in [0, 0.1) is 17.8 Å². The molecule has 2 saturated carbocycles. The van der Waals surface area contributed by atoms with Crippen molar-refractivity contribution in [3.05, 3.63) is 29.8 Å². The van der Waals surface area contributed by atoms with E-state index in [0.717, 1.165) is 38.3 Å². The van der Waals surface area contributed by atoms with Gasteiger partial charge in [0.2, 0.25) is 10.0 Å². The topological polar surface area (TPSA) is 66.5 Å². The van der Waals surface area contributed by atoms with Gasteiger partial charge in [-0.05, 0) is 81.0 Å². The third kappa shape index (κ3) is 3.41. The number of fused-ring (bicyclic) bond motifs is 2. The normalized spacial score (nSPS) is 29.3. The van der Waals surface area contributed by atoms with E-state index in [-0.39, 0.29) is 16.8 Å². The van der Waals surface area contributed by atoms with Gasteiger partial charge in [0, 0.05) is 24.7 Å². The predicted molar refractivity (Wildman–Crippen MR) is 100 cm³/mol. The van der Waals surface area contributed by atoms with Gasteiger partial charge < -0.3 is 4.90 Å². The van der Waals surface area contributed by atoms with Crippen molar-refractivity contribution in [1.82, 2.24) is 9.62 Å². The molecule has 1 saturated heterocycles. The van der Waals surface area contributed by atoms with Crippen LogP contribution < -0.4 is 4.72 Å². The fourth-order valence-electron chi connectivity index (χ4n) is 5.19. The Bertz CT molecular complexity index is 769. The number of nitrogens with one attached hydrogen (secondary N) is 1. The highest BCUT2D eigenvalue weighted by molar-refractivity contribution is 7.89. The molecule has 5 nitrogen and oxygen atoms in total. The molecular weight excluding hydrogens is 348 g/mol. The van der Waals surface area contributed by atoms with E-state index >= 15 is 0 Å². The monoisotopic (exact) mass is 376 g/mol. The van der Waals surface area contributed by atoms with Crippen LogP contribution in [0.15, 0.2) is 29.2 Å². The maximum Gasteiger partial charge on any atom is 0.253 e. The predicted octanol–water partition coefficient (Wildman–Crippen LogP) is 3.03. The SMILES string of the molecule is C[C@@H](NS(=O)(=O)c1ccc(C(=O)N2CCCC2)cc1)[C@H]1C[C@H]2CC[C@H]1C2. The van der Waals surface area contributed by atoms with Gasteiger partial charge in [0.1, 0.15) is 0 Å². The number of carbonyl (C=O) groups excluding carboxylic acids is 1. The molecule has 1 aromatic carbocycles. The molecule has 4 atom stereocenters. The Kier molecular flexibility index (Phi) is 4.82. The molecule has 26 heavy (non-hydrogen) atoms. The molecule has 6 heteroatoms. The molecule has 1 aromatic rings. The first-order valence-electron chi connectivity index (χ1n) is 9.86. The Morgan fingerprint density at radius 1 is 1.12 bits per heavy atom. The van der Waals surface area contributed by atoms with Crippen molar-refractivity contribution in [3.63, 3.8) is 0 Å². The molecule has 1 amide bonds. The van der Waals surface area contributed by atoms with Crippen LogP contribution in [0.1, 0.15) is 55.8 Å².